The Hall–Kier alpha value is -3.60. The van der Waals surface area contributed by atoms with Gasteiger partial charge in [0.05, 0.1) is 0 Å². The summed E-state index contributed by atoms with van der Waals surface area (Å²) in [5.41, 5.74) is 3.08. The first-order chi connectivity index (χ1) is 16.5. The molecule has 2 atom stereocenters. The number of carbonyl (C=O) groups excluding carboxylic acids is 2. The molecule has 0 aliphatic heterocycles. The number of para-hydroxylation sites is 1. The number of rotatable bonds is 11. The zero-order valence-corrected chi connectivity index (χ0v) is 20.2. The van der Waals surface area contributed by atoms with Gasteiger partial charge in [0.15, 0.2) is 6.61 Å². The van der Waals surface area contributed by atoms with Gasteiger partial charge in [0.25, 0.3) is 5.91 Å². The highest BCUT2D eigenvalue weighted by atomic mass is 16.5. The Balaban J connectivity index is 1.92. The van der Waals surface area contributed by atoms with Gasteiger partial charge >= 0.3 is 0 Å². The van der Waals surface area contributed by atoms with Crippen molar-refractivity contribution >= 4 is 11.8 Å². The SMILES string of the molecule is CCC(C)NC(=O)C(Cc1ccccc1)N(Cc1ccccc1C)C(=O)COc1ccccc1. The van der Waals surface area contributed by atoms with Crippen molar-refractivity contribution in [2.75, 3.05) is 6.61 Å². The smallest absolute Gasteiger partial charge is 0.261 e. The number of benzene rings is 3. The van der Waals surface area contributed by atoms with Crippen molar-refractivity contribution in [3.63, 3.8) is 0 Å². The lowest BCUT2D eigenvalue weighted by molar-refractivity contribution is -0.143. The van der Waals surface area contributed by atoms with Crippen LogP contribution in [0.3, 0.4) is 0 Å². The van der Waals surface area contributed by atoms with Gasteiger partial charge in [0.2, 0.25) is 5.91 Å². The van der Waals surface area contributed by atoms with E-state index in [4.69, 9.17) is 4.74 Å². The molecule has 3 aromatic rings. The van der Waals surface area contributed by atoms with Crippen LogP contribution in [-0.4, -0.2) is 35.4 Å². The van der Waals surface area contributed by atoms with Crippen molar-refractivity contribution in [3.05, 3.63) is 102 Å². The molecule has 0 aliphatic carbocycles. The summed E-state index contributed by atoms with van der Waals surface area (Å²) < 4.78 is 5.78. The fraction of sp³-hybridized carbons (Fsp3) is 0.310. The first kappa shape index (κ1) is 25.0. The normalized spacial score (nSPS) is 12.4. The van der Waals surface area contributed by atoms with Crippen molar-refractivity contribution in [3.8, 4) is 5.75 Å². The van der Waals surface area contributed by atoms with Gasteiger partial charge in [-0.15, -0.1) is 0 Å². The molecule has 0 radical (unpaired) electrons. The molecule has 2 unspecified atom stereocenters. The number of ether oxygens (including phenoxy) is 1. The Labute approximate surface area is 202 Å². The van der Waals surface area contributed by atoms with Crippen LogP contribution in [-0.2, 0) is 22.6 Å². The fourth-order valence-corrected chi connectivity index (χ4v) is 3.71. The first-order valence-electron chi connectivity index (χ1n) is 11.8. The Bertz CT molecular complexity index is 1050. The zero-order valence-electron chi connectivity index (χ0n) is 20.2. The number of hydrogen-bond donors (Lipinski definition) is 1. The Morgan fingerprint density at radius 3 is 2.18 bits per heavy atom. The van der Waals surface area contributed by atoms with Crippen LogP contribution in [0.1, 0.15) is 37.0 Å². The van der Waals surface area contributed by atoms with E-state index in [-0.39, 0.29) is 24.5 Å². The van der Waals surface area contributed by atoms with Crippen molar-refractivity contribution in [2.24, 2.45) is 0 Å². The predicted molar refractivity (Wildman–Crippen MR) is 135 cm³/mol. The number of nitrogens with one attached hydrogen (secondary N) is 1. The van der Waals surface area contributed by atoms with Crippen LogP contribution >= 0.6 is 0 Å². The zero-order chi connectivity index (χ0) is 24.3. The molecule has 178 valence electrons. The molecule has 5 heteroatoms. The van der Waals surface area contributed by atoms with Crippen molar-refractivity contribution in [1.82, 2.24) is 10.2 Å². The van der Waals surface area contributed by atoms with Crippen molar-refractivity contribution in [1.29, 1.82) is 0 Å². The Morgan fingerprint density at radius 2 is 1.53 bits per heavy atom. The van der Waals surface area contributed by atoms with Crippen LogP contribution in [0.25, 0.3) is 0 Å². The summed E-state index contributed by atoms with van der Waals surface area (Å²) in [7, 11) is 0. The number of aryl methyl sites for hydroxylation is 1. The minimum atomic E-state index is -0.664. The van der Waals surface area contributed by atoms with E-state index in [0.717, 1.165) is 23.1 Å². The molecule has 0 saturated heterocycles. The summed E-state index contributed by atoms with van der Waals surface area (Å²) in [6.45, 7) is 6.21. The van der Waals surface area contributed by atoms with E-state index < -0.39 is 6.04 Å². The third-order valence-corrected chi connectivity index (χ3v) is 5.98. The van der Waals surface area contributed by atoms with Crippen LogP contribution in [0.2, 0.25) is 0 Å². The monoisotopic (exact) mass is 458 g/mol. The van der Waals surface area contributed by atoms with Gasteiger partial charge in [-0.3, -0.25) is 9.59 Å². The lowest BCUT2D eigenvalue weighted by Gasteiger charge is -2.32. The topological polar surface area (TPSA) is 58.6 Å². The summed E-state index contributed by atoms with van der Waals surface area (Å²) in [6.07, 6.45) is 1.23. The molecule has 0 heterocycles. The summed E-state index contributed by atoms with van der Waals surface area (Å²) in [6, 6.07) is 26.4. The second kappa shape index (κ2) is 12.6. The number of amides is 2. The molecule has 3 rings (SSSR count). The van der Waals surface area contributed by atoms with E-state index in [1.165, 1.54) is 0 Å². The van der Waals surface area contributed by atoms with Gasteiger partial charge in [0.1, 0.15) is 11.8 Å². The third kappa shape index (κ3) is 7.20. The number of hydrogen-bond acceptors (Lipinski definition) is 3. The van der Waals surface area contributed by atoms with Crippen LogP contribution < -0.4 is 10.1 Å². The Morgan fingerprint density at radius 1 is 0.912 bits per heavy atom. The molecule has 0 aliphatic rings. The van der Waals surface area contributed by atoms with Gasteiger partial charge in [-0.25, -0.2) is 0 Å². The summed E-state index contributed by atoms with van der Waals surface area (Å²) in [5.74, 6) is 0.238. The summed E-state index contributed by atoms with van der Waals surface area (Å²) in [5, 5.41) is 3.09. The third-order valence-electron chi connectivity index (χ3n) is 5.98. The first-order valence-corrected chi connectivity index (χ1v) is 11.8. The molecule has 1 N–H and O–H groups in total. The number of nitrogens with zero attached hydrogens (tertiary/aromatic N) is 1. The average molecular weight is 459 g/mol. The largest absolute Gasteiger partial charge is 0.484 e. The molecule has 0 spiro atoms. The van der Waals surface area contributed by atoms with Crippen LogP contribution in [0.4, 0.5) is 0 Å². The van der Waals surface area contributed by atoms with Crippen LogP contribution in [0.15, 0.2) is 84.9 Å². The molecular weight excluding hydrogens is 424 g/mol. The summed E-state index contributed by atoms with van der Waals surface area (Å²) >= 11 is 0. The lowest BCUT2D eigenvalue weighted by Crippen LogP contribution is -2.53. The van der Waals surface area contributed by atoms with E-state index in [0.29, 0.717) is 18.7 Å². The van der Waals surface area contributed by atoms with Crippen LogP contribution in [0, 0.1) is 6.92 Å². The fourth-order valence-electron chi connectivity index (χ4n) is 3.71. The highest BCUT2D eigenvalue weighted by Crippen LogP contribution is 2.18. The second-order valence-electron chi connectivity index (χ2n) is 8.57. The highest BCUT2D eigenvalue weighted by Gasteiger charge is 2.31. The predicted octanol–water partition coefficient (Wildman–Crippen LogP) is 4.93. The molecule has 5 nitrogen and oxygen atoms in total. The minimum absolute atomic E-state index is 0.0155. The maximum atomic E-state index is 13.5. The van der Waals surface area contributed by atoms with Gasteiger partial charge in [-0.05, 0) is 49.1 Å². The van der Waals surface area contributed by atoms with E-state index in [9.17, 15) is 9.59 Å². The molecule has 0 saturated carbocycles. The molecule has 0 aromatic heterocycles. The molecule has 0 fully saturated rings. The maximum absolute atomic E-state index is 13.5. The molecule has 0 bridgehead atoms. The standard InChI is InChI=1S/C29H34N2O3/c1-4-23(3)30-29(33)27(19-24-14-7-5-8-15-24)31(20-25-16-12-11-13-22(25)2)28(32)21-34-26-17-9-6-10-18-26/h5-18,23,27H,4,19-21H2,1-3H3,(H,30,33). The van der Waals surface area contributed by atoms with Crippen molar-refractivity contribution < 1.29 is 14.3 Å². The number of carbonyl (C=O) groups is 2. The highest BCUT2D eigenvalue weighted by molar-refractivity contribution is 5.88. The molecule has 2 amide bonds. The average Bonchev–Trinajstić information content (AvgIpc) is 2.86. The maximum Gasteiger partial charge on any atom is 0.261 e. The Kier molecular flexibility index (Phi) is 9.27. The molecule has 3 aromatic carbocycles. The van der Waals surface area contributed by atoms with E-state index in [1.807, 2.05) is 106 Å². The summed E-state index contributed by atoms with van der Waals surface area (Å²) in [4.78, 5) is 28.7. The van der Waals surface area contributed by atoms with Gasteiger partial charge in [-0.2, -0.15) is 0 Å². The van der Waals surface area contributed by atoms with Crippen LogP contribution in [0.5, 0.6) is 5.75 Å². The quantitative estimate of drug-likeness (QED) is 0.443. The lowest BCUT2D eigenvalue weighted by atomic mass is 10.0. The molecule has 34 heavy (non-hydrogen) atoms. The van der Waals surface area contributed by atoms with E-state index in [2.05, 4.69) is 5.32 Å². The minimum Gasteiger partial charge on any atom is -0.484 e. The second-order valence-corrected chi connectivity index (χ2v) is 8.57. The van der Waals surface area contributed by atoms with E-state index in [1.54, 1.807) is 4.90 Å². The van der Waals surface area contributed by atoms with Gasteiger partial charge in [-0.1, -0.05) is 79.7 Å². The van der Waals surface area contributed by atoms with Crippen molar-refractivity contribution in [2.45, 2.75) is 52.2 Å². The van der Waals surface area contributed by atoms with E-state index >= 15 is 0 Å². The molecular formula is C29H34N2O3. The van der Waals surface area contributed by atoms with Gasteiger partial charge < -0.3 is 15.0 Å². The van der Waals surface area contributed by atoms with Gasteiger partial charge in [0, 0.05) is 19.0 Å².